The van der Waals surface area contributed by atoms with E-state index in [4.69, 9.17) is 5.11 Å². The minimum absolute atomic E-state index is 0.0181. The number of carbonyl (C=O) groups is 1. The molecule has 1 heterocycles. The molecule has 0 radical (unpaired) electrons. The number of carboxylic acids is 1. The van der Waals surface area contributed by atoms with Crippen molar-refractivity contribution in [2.75, 3.05) is 0 Å². The Bertz CT molecular complexity index is 421. The number of carboxylic acid groups (broad SMARTS) is 1. The van der Waals surface area contributed by atoms with Crippen LogP contribution < -0.4 is 0 Å². The zero-order chi connectivity index (χ0) is 11.9. The van der Waals surface area contributed by atoms with Gasteiger partial charge in [-0.25, -0.2) is 4.98 Å². The average molecular weight is 234 g/mol. The Balaban J connectivity index is 2.34. The van der Waals surface area contributed by atoms with E-state index in [-0.39, 0.29) is 11.7 Å². The zero-order valence-electron chi connectivity index (χ0n) is 8.16. The summed E-state index contributed by atoms with van der Waals surface area (Å²) >= 11 is 0. The van der Waals surface area contributed by atoms with Gasteiger partial charge in [0.05, 0.1) is 0 Å². The lowest BCUT2D eigenvalue weighted by molar-refractivity contribution is -0.141. The molecule has 4 nitrogen and oxygen atoms in total. The van der Waals surface area contributed by atoms with E-state index in [1.54, 1.807) is 0 Å². The van der Waals surface area contributed by atoms with Crippen LogP contribution in [0.1, 0.15) is 30.3 Å². The van der Waals surface area contributed by atoms with Crippen molar-refractivity contribution < 1.29 is 23.1 Å². The SMILES string of the molecule is O=C(O)Cn1cc(C(F)(F)F)nc1C1CC1. The molecule has 0 aromatic carbocycles. The molecular weight excluding hydrogens is 225 g/mol. The molecular formula is C9H9F3N2O2. The van der Waals surface area contributed by atoms with Gasteiger partial charge in [0, 0.05) is 12.1 Å². The summed E-state index contributed by atoms with van der Waals surface area (Å²) in [6.07, 6.45) is -2.21. The summed E-state index contributed by atoms with van der Waals surface area (Å²) in [7, 11) is 0. The largest absolute Gasteiger partial charge is 0.480 e. The van der Waals surface area contributed by atoms with E-state index in [0.29, 0.717) is 0 Å². The minimum Gasteiger partial charge on any atom is -0.480 e. The lowest BCUT2D eigenvalue weighted by Gasteiger charge is -2.01. The third-order valence-electron chi connectivity index (χ3n) is 2.35. The summed E-state index contributed by atoms with van der Waals surface area (Å²) in [5.74, 6) is -0.960. The predicted molar refractivity (Wildman–Crippen MR) is 46.8 cm³/mol. The topological polar surface area (TPSA) is 55.1 Å². The van der Waals surface area contributed by atoms with E-state index < -0.39 is 24.4 Å². The van der Waals surface area contributed by atoms with Crippen molar-refractivity contribution >= 4 is 5.97 Å². The molecule has 1 saturated carbocycles. The Hall–Kier alpha value is -1.53. The van der Waals surface area contributed by atoms with Gasteiger partial charge in [0.15, 0.2) is 5.69 Å². The van der Waals surface area contributed by atoms with E-state index >= 15 is 0 Å². The molecule has 0 bridgehead atoms. The van der Waals surface area contributed by atoms with Gasteiger partial charge < -0.3 is 9.67 Å². The van der Waals surface area contributed by atoms with Crippen molar-refractivity contribution in [2.45, 2.75) is 31.5 Å². The van der Waals surface area contributed by atoms with Crippen molar-refractivity contribution in [2.24, 2.45) is 0 Å². The number of nitrogens with zero attached hydrogens (tertiary/aromatic N) is 2. The fraction of sp³-hybridized carbons (Fsp3) is 0.556. The molecule has 1 aliphatic carbocycles. The highest BCUT2D eigenvalue weighted by Crippen LogP contribution is 2.41. The second kappa shape index (κ2) is 3.50. The molecule has 0 saturated heterocycles. The van der Waals surface area contributed by atoms with E-state index in [0.717, 1.165) is 23.6 Å². The van der Waals surface area contributed by atoms with E-state index in [1.807, 2.05) is 0 Å². The Labute approximate surface area is 88.7 Å². The van der Waals surface area contributed by atoms with Crippen molar-refractivity contribution in [3.05, 3.63) is 17.7 Å². The molecule has 0 amide bonds. The lowest BCUT2D eigenvalue weighted by atomic mass is 10.4. The third-order valence-corrected chi connectivity index (χ3v) is 2.35. The summed E-state index contributed by atoms with van der Waals surface area (Å²) in [6.45, 7) is -0.477. The van der Waals surface area contributed by atoms with E-state index in [9.17, 15) is 18.0 Å². The number of aromatic nitrogens is 2. The zero-order valence-corrected chi connectivity index (χ0v) is 8.16. The molecule has 1 aromatic heterocycles. The molecule has 0 aliphatic heterocycles. The molecule has 16 heavy (non-hydrogen) atoms. The monoisotopic (exact) mass is 234 g/mol. The van der Waals surface area contributed by atoms with Crippen LogP contribution in [-0.2, 0) is 17.5 Å². The fourth-order valence-corrected chi connectivity index (χ4v) is 1.51. The second-order valence-corrected chi connectivity index (χ2v) is 3.78. The van der Waals surface area contributed by atoms with Gasteiger partial charge in [-0.05, 0) is 12.8 Å². The van der Waals surface area contributed by atoms with Gasteiger partial charge in [-0.1, -0.05) is 0 Å². The van der Waals surface area contributed by atoms with Gasteiger partial charge in [0.2, 0.25) is 0 Å². The van der Waals surface area contributed by atoms with Crippen molar-refractivity contribution in [3.63, 3.8) is 0 Å². The Morgan fingerprint density at radius 1 is 1.56 bits per heavy atom. The fourth-order valence-electron chi connectivity index (χ4n) is 1.51. The summed E-state index contributed by atoms with van der Waals surface area (Å²) in [6, 6.07) is 0. The summed E-state index contributed by atoms with van der Waals surface area (Å²) in [5, 5.41) is 8.58. The highest BCUT2D eigenvalue weighted by Gasteiger charge is 2.38. The molecule has 2 rings (SSSR count). The van der Waals surface area contributed by atoms with Crippen LogP contribution in [0.2, 0.25) is 0 Å². The molecule has 1 aliphatic rings. The molecule has 0 atom stereocenters. The number of imidazole rings is 1. The number of aliphatic carboxylic acids is 1. The first-order valence-electron chi connectivity index (χ1n) is 4.74. The minimum atomic E-state index is -4.52. The highest BCUT2D eigenvalue weighted by atomic mass is 19.4. The highest BCUT2D eigenvalue weighted by molar-refractivity contribution is 5.66. The molecule has 7 heteroatoms. The number of hydrogen-bond donors (Lipinski definition) is 1. The van der Waals surface area contributed by atoms with Crippen LogP contribution >= 0.6 is 0 Å². The quantitative estimate of drug-likeness (QED) is 0.868. The van der Waals surface area contributed by atoms with Crippen molar-refractivity contribution in [1.29, 1.82) is 0 Å². The van der Waals surface area contributed by atoms with Crippen LogP contribution in [0.15, 0.2) is 6.20 Å². The van der Waals surface area contributed by atoms with Gasteiger partial charge >= 0.3 is 12.1 Å². The van der Waals surface area contributed by atoms with Crippen LogP contribution in [0.3, 0.4) is 0 Å². The predicted octanol–water partition coefficient (Wildman–Crippen LogP) is 1.86. The molecule has 0 spiro atoms. The molecule has 1 aromatic rings. The number of rotatable bonds is 3. The van der Waals surface area contributed by atoms with Gasteiger partial charge in [0.25, 0.3) is 0 Å². The first kappa shape index (κ1) is 11.0. The molecule has 88 valence electrons. The molecule has 1 fully saturated rings. The van der Waals surface area contributed by atoms with Gasteiger partial charge in [-0.15, -0.1) is 0 Å². The third kappa shape index (κ3) is 2.17. The number of halogens is 3. The molecule has 1 N–H and O–H groups in total. The first-order valence-corrected chi connectivity index (χ1v) is 4.74. The maximum Gasteiger partial charge on any atom is 0.434 e. The van der Waals surface area contributed by atoms with E-state index in [2.05, 4.69) is 4.98 Å². The van der Waals surface area contributed by atoms with Crippen molar-refractivity contribution in [3.8, 4) is 0 Å². The smallest absolute Gasteiger partial charge is 0.434 e. The van der Waals surface area contributed by atoms with Crippen LogP contribution in [-0.4, -0.2) is 20.6 Å². The van der Waals surface area contributed by atoms with E-state index in [1.165, 1.54) is 0 Å². The maximum absolute atomic E-state index is 12.4. The normalized spacial score (nSPS) is 16.4. The standard InChI is InChI=1S/C9H9F3N2O2/c10-9(11,12)6-3-14(4-7(15)16)8(13-6)5-1-2-5/h3,5H,1-2,4H2,(H,15,16). The van der Waals surface area contributed by atoms with Crippen LogP contribution in [0.25, 0.3) is 0 Å². The van der Waals surface area contributed by atoms with Gasteiger partial charge in [-0.2, -0.15) is 13.2 Å². The maximum atomic E-state index is 12.4. The second-order valence-electron chi connectivity index (χ2n) is 3.78. The van der Waals surface area contributed by atoms with Gasteiger partial charge in [0.1, 0.15) is 12.4 Å². The van der Waals surface area contributed by atoms with Gasteiger partial charge in [-0.3, -0.25) is 4.79 Å². The number of alkyl halides is 3. The van der Waals surface area contributed by atoms with Crippen LogP contribution in [0.5, 0.6) is 0 Å². The Morgan fingerprint density at radius 3 is 2.62 bits per heavy atom. The van der Waals surface area contributed by atoms with Crippen LogP contribution in [0, 0.1) is 0 Å². The number of hydrogen-bond acceptors (Lipinski definition) is 2. The Kier molecular flexibility index (Phi) is 2.40. The lowest BCUT2D eigenvalue weighted by Crippen LogP contribution is -2.10. The summed E-state index contributed by atoms with van der Waals surface area (Å²) in [4.78, 5) is 14.0. The first-order chi connectivity index (χ1) is 7.38. The summed E-state index contributed by atoms with van der Waals surface area (Å²) < 4.78 is 38.2. The Morgan fingerprint density at radius 2 is 2.19 bits per heavy atom. The summed E-state index contributed by atoms with van der Waals surface area (Å²) in [5.41, 5.74) is -1.02. The molecule has 0 unspecified atom stereocenters. The van der Waals surface area contributed by atoms with Crippen molar-refractivity contribution in [1.82, 2.24) is 9.55 Å². The average Bonchev–Trinajstić information content (AvgIpc) is 2.86. The van der Waals surface area contributed by atoms with Crippen LogP contribution in [0.4, 0.5) is 13.2 Å².